The lowest BCUT2D eigenvalue weighted by molar-refractivity contribution is 0.413. The highest BCUT2D eigenvalue weighted by molar-refractivity contribution is 6.00. The number of hydrogen-bond donors (Lipinski definition) is 1. The van der Waals surface area contributed by atoms with Crippen molar-refractivity contribution in [2.24, 2.45) is 10.7 Å². The van der Waals surface area contributed by atoms with Gasteiger partial charge in [0.1, 0.15) is 11.6 Å². The molecule has 0 radical (unpaired) electrons. The second kappa shape index (κ2) is 4.34. The first-order valence-corrected chi connectivity index (χ1v) is 4.93. The monoisotopic (exact) mass is 206 g/mol. The van der Waals surface area contributed by atoms with Crippen molar-refractivity contribution in [1.82, 2.24) is 0 Å². The van der Waals surface area contributed by atoms with Crippen LogP contribution in [0.2, 0.25) is 0 Å². The fourth-order valence-corrected chi connectivity index (χ4v) is 1.28. The van der Waals surface area contributed by atoms with Crippen LogP contribution in [0.4, 0.5) is 0 Å². The quantitative estimate of drug-likeness (QED) is 0.595. The molecule has 0 saturated carbocycles. The molecule has 1 rings (SSSR count). The summed E-state index contributed by atoms with van der Waals surface area (Å²) in [5.74, 6) is 1.27. The van der Waals surface area contributed by atoms with E-state index in [4.69, 9.17) is 10.5 Å². The van der Waals surface area contributed by atoms with Gasteiger partial charge in [0.15, 0.2) is 0 Å². The Morgan fingerprint density at radius 2 is 1.87 bits per heavy atom. The van der Waals surface area contributed by atoms with Gasteiger partial charge in [0.05, 0.1) is 18.2 Å². The zero-order valence-electron chi connectivity index (χ0n) is 9.74. The van der Waals surface area contributed by atoms with Crippen LogP contribution in [-0.2, 0) is 0 Å². The van der Waals surface area contributed by atoms with Crippen molar-refractivity contribution >= 4 is 5.84 Å². The number of ether oxygens (including phenoxy) is 1. The number of nitrogens with zero attached hydrogens (tertiary/aromatic N) is 1. The van der Waals surface area contributed by atoms with Gasteiger partial charge >= 0.3 is 0 Å². The van der Waals surface area contributed by atoms with Crippen LogP contribution in [0, 0.1) is 0 Å². The maximum atomic E-state index is 5.93. The Balaban J connectivity index is 3.11. The van der Waals surface area contributed by atoms with Gasteiger partial charge in [0.2, 0.25) is 0 Å². The predicted octanol–water partition coefficient (Wildman–Crippen LogP) is 2.20. The standard InChI is InChI=1S/C12H18N2O/c1-12(2,3)14-11(13)9-7-5-6-8-10(9)15-4/h5-8H,1-4H3,(H2,13,14). The molecule has 0 fully saturated rings. The molecule has 0 unspecified atom stereocenters. The molecule has 0 aliphatic heterocycles. The van der Waals surface area contributed by atoms with E-state index >= 15 is 0 Å². The van der Waals surface area contributed by atoms with Crippen molar-refractivity contribution in [2.75, 3.05) is 7.11 Å². The fourth-order valence-electron chi connectivity index (χ4n) is 1.28. The second-order valence-electron chi connectivity index (χ2n) is 4.37. The Labute approximate surface area is 91.0 Å². The molecule has 3 heteroatoms. The number of methoxy groups -OCH3 is 1. The Hall–Kier alpha value is -1.51. The molecular formula is C12H18N2O. The largest absolute Gasteiger partial charge is 0.496 e. The summed E-state index contributed by atoms with van der Waals surface area (Å²) in [7, 11) is 1.63. The topological polar surface area (TPSA) is 47.6 Å². The average Bonchev–Trinajstić information content (AvgIpc) is 2.15. The lowest BCUT2D eigenvalue weighted by Crippen LogP contribution is -2.21. The van der Waals surface area contributed by atoms with E-state index in [2.05, 4.69) is 4.99 Å². The molecule has 0 aromatic heterocycles. The fraction of sp³-hybridized carbons (Fsp3) is 0.417. The lowest BCUT2D eigenvalue weighted by Gasteiger charge is -2.15. The molecule has 0 bridgehead atoms. The number of para-hydroxylation sites is 1. The van der Waals surface area contributed by atoms with E-state index in [1.165, 1.54) is 0 Å². The highest BCUT2D eigenvalue weighted by Gasteiger charge is 2.11. The molecule has 0 aliphatic rings. The van der Waals surface area contributed by atoms with Crippen LogP contribution in [0.5, 0.6) is 5.75 Å². The van der Waals surface area contributed by atoms with E-state index < -0.39 is 0 Å². The molecule has 0 saturated heterocycles. The molecule has 1 aromatic rings. The van der Waals surface area contributed by atoms with Gasteiger partial charge in [-0.3, -0.25) is 4.99 Å². The molecular weight excluding hydrogens is 188 g/mol. The maximum absolute atomic E-state index is 5.93. The predicted molar refractivity (Wildman–Crippen MR) is 63.5 cm³/mol. The molecule has 0 atom stereocenters. The SMILES string of the molecule is COc1ccccc1C(N)=NC(C)(C)C. The summed E-state index contributed by atoms with van der Waals surface area (Å²) in [6, 6.07) is 7.61. The zero-order chi connectivity index (χ0) is 11.5. The van der Waals surface area contributed by atoms with Gasteiger partial charge in [0, 0.05) is 0 Å². The van der Waals surface area contributed by atoms with Gasteiger partial charge in [-0.25, -0.2) is 0 Å². The third kappa shape index (κ3) is 3.27. The summed E-state index contributed by atoms with van der Waals surface area (Å²) in [4.78, 5) is 4.40. The van der Waals surface area contributed by atoms with E-state index in [1.54, 1.807) is 7.11 Å². The number of amidine groups is 1. The zero-order valence-corrected chi connectivity index (χ0v) is 9.74. The minimum atomic E-state index is -0.176. The Kier molecular flexibility index (Phi) is 3.35. The molecule has 82 valence electrons. The number of nitrogens with two attached hydrogens (primary N) is 1. The Bertz CT molecular complexity index is 364. The number of hydrogen-bond acceptors (Lipinski definition) is 2. The second-order valence-corrected chi connectivity index (χ2v) is 4.37. The van der Waals surface area contributed by atoms with Gasteiger partial charge < -0.3 is 10.5 Å². The van der Waals surface area contributed by atoms with E-state index in [-0.39, 0.29) is 5.54 Å². The van der Waals surface area contributed by atoms with Crippen molar-refractivity contribution in [2.45, 2.75) is 26.3 Å². The average molecular weight is 206 g/mol. The first-order chi connectivity index (χ1) is 6.94. The molecule has 0 amide bonds. The summed E-state index contributed by atoms with van der Waals surface area (Å²) < 4.78 is 5.22. The smallest absolute Gasteiger partial charge is 0.129 e. The molecule has 2 N–H and O–H groups in total. The molecule has 0 heterocycles. The van der Waals surface area contributed by atoms with Crippen LogP contribution in [0.15, 0.2) is 29.3 Å². The Morgan fingerprint density at radius 3 is 2.40 bits per heavy atom. The highest BCUT2D eigenvalue weighted by Crippen LogP contribution is 2.18. The van der Waals surface area contributed by atoms with Crippen LogP contribution in [0.1, 0.15) is 26.3 Å². The lowest BCUT2D eigenvalue weighted by atomic mass is 10.1. The van der Waals surface area contributed by atoms with E-state index in [0.29, 0.717) is 5.84 Å². The Morgan fingerprint density at radius 1 is 1.27 bits per heavy atom. The van der Waals surface area contributed by atoms with Crippen molar-refractivity contribution < 1.29 is 4.74 Å². The van der Waals surface area contributed by atoms with Crippen LogP contribution < -0.4 is 10.5 Å². The summed E-state index contributed by atoms with van der Waals surface area (Å²) >= 11 is 0. The molecule has 0 aliphatic carbocycles. The van der Waals surface area contributed by atoms with Crippen LogP contribution >= 0.6 is 0 Å². The van der Waals surface area contributed by atoms with Gasteiger partial charge in [-0.15, -0.1) is 0 Å². The maximum Gasteiger partial charge on any atom is 0.129 e. The molecule has 1 aromatic carbocycles. The first kappa shape index (κ1) is 11.6. The van der Waals surface area contributed by atoms with Gasteiger partial charge in [-0.1, -0.05) is 12.1 Å². The first-order valence-electron chi connectivity index (χ1n) is 4.93. The summed E-state index contributed by atoms with van der Waals surface area (Å²) in [6.45, 7) is 6.03. The number of benzene rings is 1. The van der Waals surface area contributed by atoms with Gasteiger partial charge in [0.25, 0.3) is 0 Å². The third-order valence-electron chi connectivity index (χ3n) is 1.84. The van der Waals surface area contributed by atoms with Crippen LogP contribution in [-0.4, -0.2) is 18.5 Å². The van der Waals surface area contributed by atoms with E-state index in [9.17, 15) is 0 Å². The minimum absolute atomic E-state index is 0.176. The molecule has 15 heavy (non-hydrogen) atoms. The van der Waals surface area contributed by atoms with E-state index in [1.807, 2.05) is 45.0 Å². The van der Waals surface area contributed by atoms with Crippen molar-refractivity contribution in [3.63, 3.8) is 0 Å². The summed E-state index contributed by atoms with van der Waals surface area (Å²) in [6.07, 6.45) is 0. The molecule has 3 nitrogen and oxygen atoms in total. The minimum Gasteiger partial charge on any atom is -0.496 e. The van der Waals surface area contributed by atoms with Gasteiger partial charge in [-0.2, -0.15) is 0 Å². The molecule has 0 spiro atoms. The highest BCUT2D eigenvalue weighted by atomic mass is 16.5. The van der Waals surface area contributed by atoms with Crippen LogP contribution in [0.3, 0.4) is 0 Å². The van der Waals surface area contributed by atoms with E-state index in [0.717, 1.165) is 11.3 Å². The summed E-state index contributed by atoms with van der Waals surface area (Å²) in [5, 5.41) is 0. The van der Waals surface area contributed by atoms with Crippen LogP contribution in [0.25, 0.3) is 0 Å². The normalized spacial score (nSPS) is 12.7. The van der Waals surface area contributed by atoms with Crippen molar-refractivity contribution in [1.29, 1.82) is 0 Å². The number of rotatable bonds is 2. The van der Waals surface area contributed by atoms with Crippen molar-refractivity contribution in [3.05, 3.63) is 29.8 Å². The third-order valence-corrected chi connectivity index (χ3v) is 1.84. The van der Waals surface area contributed by atoms with Gasteiger partial charge in [-0.05, 0) is 32.9 Å². The number of aliphatic imine (C=N–C) groups is 1. The van der Waals surface area contributed by atoms with Crippen molar-refractivity contribution in [3.8, 4) is 5.75 Å². The summed E-state index contributed by atoms with van der Waals surface area (Å²) in [5.41, 5.74) is 6.59.